The number of ether oxygens (including phenoxy) is 1. The molecule has 0 radical (unpaired) electrons. The molecule has 0 unspecified atom stereocenters. The summed E-state index contributed by atoms with van der Waals surface area (Å²) in [7, 11) is 0. The van der Waals surface area contributed by atoms with Gasteiger partial charge in [-0.2, -0.15) is 0 Å². The molecule has 1 rings (SSSR count). The van der Waals surface area contributed by atoms with Gasteiger partial charge in [0.1, 0.15) is 0 Å². The maximum absolute atomic E-state index is 12.5. The maximum atomic E-state index is 12.5. The molecule has 0 aliphatic carbocycles. The zero-order valence-corrected chi connectivity index (χ0v) is 22.4. The summed E-state index contributed by atoms with van der Waals surface area (Å²) in [6.45, 7) is 12.7. The van der Waals surface area contributed by atoms with Crippen molar-refractivity contribution in [3.63, 3.8) is 0 Å². The summed E-state index contributed by atoms with van der Waals surface area (Å²) < 4.78 is 10.1. The predicted octanol–water partition coefficient (Wildman–Crippen LogP) is 6.45. The second-order valence-corrected chi connectivity index (χ2v) is 21.9. The van der Waals surface area contributed by atoms with Crippen LogP contribution < -0.4 is 0 Å². The van der Waals surface area contributed by atoms with Crippen molar-refractivity contribution < 1.29 is 19.6 Å². The molecule has 174 valence electrons. The van der Waals surface area contributed by atoms with Crippen LogP contribution in [0.2, 0.25) is 13.3 Å². The third-order valence-electron chi connectivity index (χ3n) is 6.12. The van der Waals surface area contributed by atoms with Gasteiger partial charge in [0.15, 0.2) is 0 Å². The molecular formula is C24H39NO5Sn. The fourth-order valence-electron chi connectivity index (χ4n) is 4.02. The van der Waals surface area contributed by atoms with Gasteiger partial charge in [-0.25, -0.2) is 0 Å². The SMILES string of the molecule is C=[C]([C@H](O)[C@H](C)OC(=O)c1ccc([N+](=O)[O-])cc1)[Sn]([CH2]CCC)([CH2]CCC)[CH2]CCC. The van der Waals surface area contributed by atoms with Crippen LogP contribution in [0.1, 0.15) is 76.6 Å². The van der Waals surface area contributed by atoms with Crippen molar-refractivity contribution in [1.29, 1.82) is 0 Å². The van der Waals surface area contributed by atoms with E-state index < -0.39 is 41.5 Å². The fraction of sp³-hybridized carbons (Fsp3) is 0.625. The number of rotatable bonds is 15. The zero-order chi connectivity index (χ0) is 23.4. The molecule has 0 spiro atoms. The van der Waals surface area contributed by atoms with E-state index in [4.69, 9.17) is 4.74 Å². The van der Waals surface area contributed by atoms with Crippen molar-refractivity contribution in [3.05, 3.63) is 50.1 Å². The van der Waals surface area contributed by atoms with Gasteiger partial charge >= 0.3 is 191 Å². The molecule has 1 aromatic carbocycles. The molecule has 0 aliphatic heterocycles. The number of carbonyl (C=O) groups is 1. The Kier molecular flexibility index (Phi) is 12.4. The number of nitro benzene ring substituents is 1. The molecule has 6 nitrogen and oxygen atoms in total. The molecule has 0 heterocycles. The normalized spacial score (nSPS) is 13.5. The minimum absolute atomic E-state index is 0.0837. The number of hydrogen-bond acceptors (Lipinski definition) is 5. The summed E-state index contributed by atoms with van der Waals surface area (Å²) in [4.78, 5) is 22.8. The van der Waals surface area contributed by atoms with Gasteiger partial charge in [-0.15, -0.1) is 0 Å². The van der Waals surface area contributed by atoms with E-state index in [9.17, 15) is 20.0 Å². The number of nitro groups is 1. The van der Waals surface area contributed by atoms with Crippen LogP contribution in [0.4, 0.5) is 5.69 Å². The molecule has 31 heavy (non-hydrogen) atoms. The molecular weight excluding hydrogens is 501 g/mol. The van der Waals surface area contributed by atoms with E-state index in [0.29, 0.717) is 0 Å². The van der Waals surface area contributed by atoms with Crippen LogP contribution in [-0.2, 0) is 4.74 Å². The fourth-order valence-corrected chi connectivity index (χ4v) is 20.2. The Morgan fingerprint density at radius 1 is 1.06 bits per heavy atom. The summed E-state index contributed by atoms with van der Waals surface area (Å²) in [6.07, 6.45) is 5.28. The van der Waals surface area contributed by atoms with Gasteiger partial charge in [-0.05, 0) is 0 Å². The zero-order valence-electron chi connectivity index (χ0n) is 19.6. The minimum atomic E-state index is -2.87. The van der Waals surface area contributed by atoms with Gasteiger partial charge in [0.05, 0.1) is 0 Å². The van der Waals surface area contributed by atoms with Gasteiger partial charge in [0.2, 0.25) is 0 Å². The van der Waals surface area contributed by atoms with E-state index >= 15 is 0 Å². The monoisotopic (exact) mass is 541 g/mol. The number of non-ortho nitro benzene ring substituents is 1. The first-order valence-corrected chi connectivity index (χ1v) is 19.0. The average molecular weight is 540 g/mol. The van der Waals surface area contributed by atoms with Crippen molar-refractivity contribution in [2.45, 2.75) is 91.7 Å². The standard InChI is InChI=1S/C12H12NO5.3C4H9.Sn/c1-3-11(14)8(2)18-12(15)9-4-6-10(7-5-9)13(16)17;3*1-3-4-2;/h4-8,11,14H,1H2,2H3;3*1,3-4H2,2H3;/t8-,11-;;;;/m0..../s1. The molecule has 0 saturated carbocycles. The number of esters is 1. The molecule has 0 bridgehead atoms. The molecule has 1 N–H and O–H groups in total. The summed E-state index contributed by atoms with van der Waals surface area (Å²) >= 11 is -2.87. The molecule has 7 heteroatoms. The second-order valence-electron chi connectivity index (χ2n) is 8.48. The van der Waals surface area contributed by atoms with Crippen molar-refractivity contribution in [2.75, 3.05) is 0 Å². The van der Waals surface area contributed by atoms with Gasteiger partial charge in [-0.1, -0.05) is 0 Å². The topological polar surface area (TPSA) is 89.7 Å². The first kappa shape index (κ1) is 27.6. The van der Waals surface area contributed by atoms with Crippen LogP contribution >= 0.6 is 0 Å². The van der Waals surface area contributed by atoms with Gasteiger partial charge in [0, 0.05) is 0 Å². The third-order valence-corrected chi connectivity index (χ3v) is 22.1. The van der Waals surface area contributed by atoms with Crippen molar-refractivity contribution in [3.8, 4) is 0 Å². The molecule has 0 aliphatic rings. The van der Waals surface area contributed by atoms with E-state index in [1.54, 1.807) is 6.92 Å². The number of carbonyl (C=O) groups excluding carboxylic acids is 1. The summed E-state index contributed by atoms with van der Waals surface area (Å²) in [5.74, 6) is -0.592. The summed E-state index contributed by atoms with van der Waals surface area (Å²) in [5.41, 5.74) is 0.146. The van der Waals surface area contributed by atoms with Crippen LogP contribution in [0.3, 0.4) is 0 Å². The Morgan fingerprint density at radius 2 is 1.52 bits per heavy atom. The molecule has 0 amide bonds. The molecule has 0 aromatic heterocycles. The second kappa shape index (κ2) is 13.9. The Labute approximate surface area is 191 Å². The van der Waals surface area contributed by atoms with E-state index in [-0.39, 0.29) is 11.3 Å². The van der Waals surface area contributed by atoms with Crippen LogP contribution in [0.5, 0.6) is 0 Å². The Bertz CT molecular complexity index is 697. The number of nitrogens with zero attached hydrogens (tertiary/aromatic N) is 1. The molecule has 0 fully saturated rings. The van der Waals surface area contributed by atoms with Gasteiger partial charge in [-0.3, -0.25) is 0 Å². The number of unbranched alkanes of at least 4 members (excludes halogenated alkanes) is 3. The molecule has 2 atom stereocenters. The molecule has 0 saturated heterocycles. The Hall–Kier alpha value is -1.41. The van der Waals surface area contributed by atoms with Crippen molar-refractivity contribution >= 4 is 30.0 Å². The number of aliphatic hydroxyl groups is 1. The number of aliphatic hydroxyl groups excluding tert-OH is 1. The first-order valence-electron chi connectivity index (χ1n) is 11.5. The van der Waals surface area contributed by atoms with Gasteiger partial charge in [0.25, 0.3) is 0 Å². The van der Waals surface area contributed by atoms with Crippen LogP contribution in [0.25, 0.3) is 0 Å². The third kappa shape index (κ3) is 8.22. The Balaban J connectivity index is 2.97. The number of benzene rings is 1. The molecule has 1 aromatic rings. The van der Waals surface area contributed by atoms with E-state index in [1.807, 2.05) is 0 Å². The first-order chi connectivity index (χ1) is 14.7. The van der Waals surface area contributed by atoms with Gasteiger partial charge < -0.3 is 0 Å². The van der Waals surface area contributed by atoms with E-state index in [1.165, 1.54) is 37.6 Å². The van der Waals surface area contributed by atoms with E-state index in [2.05, 4.69) is 27.4 Å². The Morgan fingerprint density at radius 3 is 1.90 bits per heavy atom. The van der Waals surface area contributed by atoms with Crippen molar-refractivity contribution in [1.82, 2.24) is 0 Å². The van der Waals surface area contributed by atoms with Crippen molar-refractivity contribution in [2.24, 2.45) is 0 Å². The van der Waals surface area contributed by atoms with Crippen LogP contribution in [0, 0.1) is 10.1 Å². The predicted molar refractivity (Wildman–Crippen MR) is 128 cm³/mol. The van der Waals surface area contributed by atoms with Crippen LogP contribution in [-0.4, -0.2) is 46.6 Å². The average Bonchev–Trinajstić information content (AvgIpc) is 2.77. The van der Waals surface area contributed by atoms with Crippen LogP contribution in [0.15, 0.2) is 34.4 Å². The quantitative estimate of drug-likeness (QED) is 0.120. The summed E-state index contributed by atoms with van der Waals surface area (Å²) in [5, 5.41) is 21.9. The number of hydrogen-bond donors (Lipinski definition) is 1. The van der Waals surface area contributed by atoms with E-state index in [0.717, 1.165) is 42.1 Å². The summed E-state index contributed by atoms with van der Waals surface area (Å²) in [6, 6.07) is 5.31.